The second-order valence-electron chi connectivity index (χ2n) is 8.16. The number of hydrogen-bond acceptors (Lipinski definition) is 4. The topological polar surface area (TPSA) is 67.2 Å². The largest absolute Gasteiger partial charge is 0.360 e. The predicted molar refractivity (Wildman–Crippen MR) is 124 cm³/mol. The lowest BCUT2D eigenvalue weighted by molar-refractivity contribution is 0.393. The normalized spacial score (nSPS) is 14.2. The van der Waals surface area contributed by atoms with E-state index in [4.69, 9.17) is 23.8 Å². The third-order valence-corrected chi connectivity index (χ3v) is 7.11. The lowest BCUT2D eigenvalue weighted by atomic mass is 10.2. The monoisotopic (exact) mass is 468 g/mol. The molecule has 1 N–H and O–H groups in total. The van der Waals surface area contributed by atoms with Crippen molar-refractivity contribution in [1.29, 1.82) is 0 Å². The van der Waals surface area contributed by atoms with Crippen LogP contribution in [-0.4, -0.2) is 40.6 Å². The maximum absolute atomic E-state index is 13.2. The minimum Gasteiger partial charge on any atom is -0.360 e. The van der Waals surface area contributed by atoms with Crippen molar-refractivity contribution in [2.75, 3.05) is 6.54 Å². The van der Waals surface area contributed by atoms with Crippen LogP contribution in [0.3, 0.4) is 0 Å². The second kappa shape index (κ2) is 9.66. The zero-order valence-corrected chi connectivity index (χ0v) is 20.0. The zero-order chi connectivity index (χ0) is 21.9. The molecule has 1 aliphatic carbocycles. The van der Waals surface area contributed by atoms with Gasteiger partial charge in [0, 0.05) is 24.2 Å². The molecule has 0 unspecified atom stereocenters. The van der Waals surface area contributed by atoms with Crippen molar-refractivity contribution in [3.05, 3.63) is 46.7 Å². The highest BCUT2D eigenvalue weighted by Crippen LogP contribution is 2.22. The van der Waals surface area contributed by atoms with E-state index < -0.39 is 9.84 Å². The summed E-state index contributed by atoms with van der Waals surface area (Å²) < 4.78 is 28.2. The summed E-state index contributed by atoms with van der Waals surface area (Å²) in [6, 6.07) is 7.40. The second-order valence-corrected chi connectivity index (χ2v) is 10.9. The Morgan fingerprint density at radius 2 is 2.13 bits per heavy atom. The Morgan fingerprint density at radius 3 is 2.73 bits per heavy atom. The third-order valence-electron chi connectivity index (χ3n) is 4.90. The van der Waals surface area contributed by atoms with Crippen molar-refractivity contribution in [2.24, 2.45) is 5.92 Å². The van der Waals surface area contributed by atoms with Crippen LogP contribution < -0.4 is 5.32 Å². The summed E-state index contributed by atoms with van der Waals surface area (Å²) in [4.78, 5) is 6.38. The lowest BCUT2D eigenvalue weighted by Gasteiger charge is -2.25. The first-order valence-corrected chi connectivity index (χ1v) is 12.7. The minimum absolute atomic E-state index is 0.100. The van der Waals surface area contributed by atoms with Gasteiger partial charge in [-0.05, 0) is 55.6 Å². The maximum Gasteiger partial charge on any atom is 0.228 e. The number of aromatic nitrogens is 2. The molecule has 1 aliphatic rings. The Kier molecular flexibility index (Phi) is 7.42. The van der Waals surface area contributed by atoms with Gasteiger partial charge in [0.25, 0.3) is 0 Å². The van der Waals surface area contributed by atoms with Crippen LogP contribution in [-0.2, 0) is 28.7 Å². The fourth-order valence-electron chi connectivity index (χ4n) is 3.25. The summed E-state index contributed by atoms with van der Waals surface area (Å²) in [6.45, 7) is 7.99. The number of halogens is 1. The van der Waals surface area contributed by atoms with Crippen LogP contribution in [0, 0.1) is 5.92 Å². The Labute approximate surface area is 189 Å². The van der Waals surface area contributed by atoms with Crippen molar-refractivity contribution >= 4 is 38.8 Å². The SMILES string of the molecule is CCN(Cc1cnc(S(=O)(=O)Cc2cccc(Cl)c2)n1CC(C)C)C(=S)NC1CC1. The van der Waals surface area contributed by atoms with Crippen molar-refractivity contribution in [3.63, 3.8) is 0 Å². The summed E-state index contributed by atoms with van der Waals surface area (Å²) in [5.74, 6) is 0.131. The van der Waals surface area contributed by atoms with Gasteiger partial charge in [-0.25, -0.2) is 13.4 Å². The minimum atomic E-state index is -3.63. The molecule has 0 amide bonds. The quantitative estimate of drug-likeness (QED) is 0.560. The molecule has 1 aromatic carbocycles. The number of rotatable bonds is 9. The van der Waals surface area contributed by atoms with Gasteiger partial charge in [0.1, 0.15) is 0 Å². The molecular formula is C21H29ClN4O2S2. The van der Waals surface area contributed by atoms with Gasteiger partial charge in [-0.2, -0.15) is 0 Å². The van der Waals surface area contributed by atoms with Crippen molar-refractivity contribution in [1.82, 2.24) is 19.8 Å². The Morgan fingerprint density at radius 1 is 1.40 bits per heavy atom. The third kappa shape index (κ3) is 5.95. The molecule has 30 heavy (non-hydrogen) atoms. The highest BCUT2D eigenvalue weighted by molar-refractivity contribution is 7.90. The molecule has 1 fully saturated rings. The van der Waals surface area contributed by atoms with E-state index >= 15 is 0 Å². The first kappa shape index (κ1) is 23.0. The predicted octanol–water partition coefficient (Wildman–Crippen LogP) is 4.03. The van der Waals surface area contributed by atoms with E-state index in [0.29, 0.717) is 34.8 Å². The van der Waals surface area contributed by atoms with E-state index in [2.05, 4.69) is 29.0 Å². The van der Waals surface area contributed by atoms with Crippen LogP contribution in [0.25, 0.3) is 0 Å². The summed E-state index contributed by atoms with van der Waals surface area (Å²) in [5.41, 5.74) is 1.49. The highest BCUT2D eigenvalue weighted by Gasteiger charge is 2.27. The van der Waals surface area contributed by atoms with Crippen LogP contribution in [0.15, 0.2) is 35.6 Å². The van der Waals surface area contributed by atoms with Gasteiger partial charge >= 0.3 is 0 Å². The van der Waals surface area contributed by atoms with E-state index in [-0.39, 0.29) is 16.8 Å². The van der Waals surface area contributed by atoms with Crippen LogP contribution in [0.5, 0.6) is 0 Å². The van der Waals surface area contributed by atoms with Crippen molar-refractivity contribution in [3.8, 4) is 0 Å². The first-order chi connectivity index (χ1) is 14.2. The van der Waals surface area contributed by atoms with E-state index in [1.54, 1.807) is 30.5 Å². The Hall–Kier alpha value is -1.64. The number of nitrogens with one attached hydrogen (secondary N) is 1. The molecule has 1 aromatic heterocycles. The zero-order valence-electron chi connectivity index (χ0n) is 17.6. The van der Waals surface area contributed by atoms with E-state index in [9.17, 15) is 8.42 Å². The number of nitrogens with zero attached hydrogens (tertiary/aromatic N) is 3. The van der Waals surface area contributed by atoms with Crippen LogP contribution in [0.4, 0.5) is 0 Å². The van der Waals surface area contributed by atoms with Gasteiger partial charge in [0.2, 0.25) is 15.0 Å². The smallest absolute Gasteiger partial charge is 0.228 e. The molecule has 0 radical (unpaired) electrons. The molecule has 0 aliphatic heterocycles. The van der Waals surface area contributed by atoms with Crippen molar-refractivity contribution in [2.45, 2.75) is 63.7 Å². The molecule has 1 saturated carbocycles. The summed E-state index contributed by atoms with van der Waals surface area (Å²) in [5, 5.41) is 4.68. The number of hydrogen-bond donors (Lipinski definition) is 1. The molecule has 0 atom stereocenters. The van der Waals surface area contributed by atoms with Crippen LogP contribution in [0.2, 0.25) is 5.02 Å². The van der Waals surface area contributed by atoms with E-state index in [0.717, 1.165) is 25.1 Å². The lowest BCUT2D eigenvalue weighted by Crippen LogP contribution is -2.40. The van der Waals surface area contributed by atoms with Crippen LogP contribution >= 0.6 is 23.8 Å². The Balaban J connectivity index is 1.87. The molecule has 6 nitrogen and oxygen atoms in total. The summed E-state index contributed by atoms with van der Waals surface area (Å²) >= 11 is 11.6. The molecule has 0 saturated heterocycles. The van der Waals surface area contributed by atoms with E-state index in [1.165, 1.54) is 0 Å². The standard InChI is InChI=1S/C21H29ClN4O2S2/c1-4-25(20(29)24-18-8-9-18)13-19-11-23-21(26(19)12-15(2)3)30(27,28)14-16-6-5-7-17(22)10-16/h5-7,10-11,15,18H,4,8-9,12-14H2,1-3H3,(H,24,29). The molecule has 0 bridgehead atoms. The maximum atomic E-state index is 13.2. The number of benzene rings is 1. The fraction of sp³-hybridized carbons (Fsp3) is 0.524. The molecule has 1 heterocycles. The molecule has 0 spiro atoms. The highest BCUT2D eigenvalue weighted by atomic mass is 35.5. The number of thiocarbonyl (C=S) groups is 1. The fourth-order valence-corrected chi connectivity index (χ4v) is 5.32. The van der Waals surface area contributed by atoms with E-state index in [1.807, 2.05) is 11.5 Å². The molecule has 9 heteroatoms. The van der Waals surface area contributed by atoms with Crippen LogP contribution in [0.1, 0.15) is 44.9 Å². The average Bonchev–Trinajstić information content (AvgIpc) is 3.38. The van der Waals surface area contributed by atoms with Gasteiger partial charge in [-0.3, -0.25) is 0 Å². The van der Waals surface area contributed by atoms with Gasteiger partial charge in [-0.15, -0.1) is 0 Å². The number of imidazole rings is 1. The average molecular weight is 469 g/mol. The molecule has 164 valence electrons. The van der Waals surface area contributed by atoms with Gasteiger partial charge in [-0.1, -0.05) is 37.6 Å². The Bertz CT molecular complexity index is 1000. The molecule has 3 rings (SSSR count). The van der Waals surface area contributed by atoms with Gasteiger partial charge < -0.3 is 14.8 Å². The first-order valence-electron chi connectivity index (χ1n) is 10.3. The summed E-state index contributed by atoms with van der Waals surface area (Å²) in [6.07, 6.45) is 3.96. The molecular weight excluding hydrogens is 440 g/mol. The van der Waals surface area contributed by atoms with Gasteiger partial charge in [0.05, 0.1) is 24.2 Å². The summed E-state index contributed by atoms with van der Waals surface area (Å²) in [7, 11) is -3.63. The number of sulfone groups is 1. The van der Waals surface area contributed by atoms with Crippen molar-refractivity contribution < 1.29 is 8.42 Å². The van der Waals surface area contributed by atoms with Gasteiger partial charge in [0.15, 0.2) is 5.11 Å². The molecule has 2 aromatic rings.